The second-order valence-electron chi connectivity index (χ2n) is 4.95. The summed E-state index contributed by atoms with van der Waals surface area (Å²) in [7, 11) is 4.25. The van der Waals surface area contributed by atoms with E-state index in [2.05, 4.69) is 41.4 Å². The number of carbonyl (C=O) groups excluding carboxylic acids is 1. The van der Waals surface area contributed by atoms with Crippen LogP contribution in [0.25, 0.3) is 0 Å². The number of hydrogen-bond acceptors (Lipinski definition) is 2. The van der Waals surface area contributed by atoms with Gasteiger partial charge < -0.3 is 9.22 Å². The maximum atomic E-state index is 10.8. The fourth-order valence-corrected chi connectivity index (χ4v) is 0.769. The van der Waals surface area contributed by atoms with Gasteiger partial charge in [0.25, 0.3) is 0 Å². The van der Waals surface area contributed by atoms with Crippen LogP contribution in [0.1, 0.15) is 20.8 Å². The molecule has 0 saturated carbocycles. The third-order valence-corrected chi connectivity index (χ3v) is 2.88. The molecule has 82 valence electrons. The van der Waals surface area contributed by atoms with Crippen molar-refractivity contribution in [3.05, 3.63) is 12.7 Å². The molecule has 0 saturated heterocycles. The lowest BCUT2D eigenvalue weighted by molar-refractivity contribution is -0.935. The number of nitrogens with zero attached hydrogens (tertiary/aromatic N) is 1. The van der Waals surface area contributed by atoms with Gasteiger partial charge in [-0.05, 0) is 20.8 Å². The average Bonchev–Trinajstić information content (AvgIpc) is 2.01. The molecular weight excluding hydrogens is 178 g/mol. The first-order valence-electron chi connectivity index (χ1n) is 4.83. The molecule has 0 aromatic heterocycles. The molecule has 0 amide bonds. The molecule has 0 aliphatic rings. The highest BCUT2D eigenvalue weighted by molar-refractivity contribution is 5.81. The van der Waals surface area contributed by atoms with Crippen LogP contribution in [-0.4, -0.2) is 43.2 Å². The van der Waals surface area contributed by atoms with E-state index in [9.17, 15) is 4.79 Å². The summed E-state index contributed by atoms with van der Waals surface area (Å²) < 4.78 is 5.77. The molecular formula is C11H22NO2+. The van der Waals surface area contributed by atoms with Crippen molar-refractivity contribution in [3.63, 3.8) is 0 Å². The van der Waals surface area contributed by atoms with Crippen LogP contribution < -0.4 is 0 Å². The molecule has 14 heavy (non-hydrogen) atoms. The van der Waals surface area contributed by atoms with Crippen LogP contribution >= 0.6 is 0 Å². The van der Waals surface area contributed by atoms with E-state index in [1.165, 1.54) is 6.08 Å². The Morgan fingerprint density at radius 3 is 2.29 bits per heavy atom. The fraction of sp³-hybridized carbons (Fsp3) is 0.727. The summed E-state index contributed by atoms with van der Waals surface area (Å²) in [5.41, 5.74) is 0.153. The lowest BCUT2D eigenvalue weighted by Gasteiger charge is -2.42. The smallest absolute Gasteiger partial charge is 0.330 e. The van der Waals surface area contributed by atoms with Crippen molar-refractivity contribution >= 4 is 5.97 Å². The molecule has 3 heteroatoms. The Bertz CT molecular complexity index is 214. The first-order valence-corrected chi connectivity index (χ1v) is 4.83. The Balaban J connectivity index is 4.01. The SMILES string of the molecule is C=CC(=O)OCC[N+](C)(C)C(C)(C)C. The summed E-state index contributed by atoms with van der Waals surface area (Å²) in [6.07, 6.45) is 1.19. The van der Waals surface area contributed by atoms with E-state index in [4.69, 9.17) is 4.74 Å². The van der Waals surface area contributed by atoms with Gasteiger partial charge in [-0.1, -0.05) is 6.58 Å². The zero-order valence-electron chi connectivity index (χ0n) is 9.96. The van der Waals surface area contributed by atoms with Gasteiger partial charge in [-0.25, -0.2) is 4.79 Å². The van der Waals surface area contributed by atoms with E-state index < -0.39 is 0 Å². The minimum atomic E-state index is -0.348. The van der Waals surface area contributed by atoms with Crippen molar-refractivity contribution in [1.82, 2.24) is 0 Å². The molecule has 0 unspecified atom stereocenters. The summed E-state index contributed by atoms with van der Waals surface area (Å²) in [5.74, 6) is -0.348. The number of rotatable bonds is 4. The molecule has 0 bridgehead atoms. The molecule has 0 radical (unpaired) electrons. The zero-order valence-corrected chi connectivity index (χ0v) is 9.96. The predicted octanol–water partition coefficient (Wildman–Crippen LogP) is 1.59. The quantitative estimate of drug-likeness (QED) is 0.391. The van der Waals surface area contributed by atoms with Gasteiger partial charge in [0.2, 0.25) is 0 Å². The number of likely N-dealkylation sites (N-methyl/N-ethyl adjacent to an activating group) is 1. The number of hydrogen-bond donors (Lipinski definition) is 0. The van der Waals surface area contributed by atoms with Crippen LogP contribution in [0.5, 0.6) is 0 Å². The van der Waals surface area contributed by atoms with Crippen LogP contribution in [-0.2, 0) is 9.53 Å². The van der Waals surface area contributed by atoms with Crippen LogP contribution in [0.15, 0.2) is 12.7 Å². The molecule has 0 atom stereocenters. The van der Waals surface area contributed by atoms with Crippen molar-refractivity contribution in [2.24, 2.45) is 0 Å². The minimum absolute atomic E-state index is 0.153. The van der Waals surface area contributed by atoms with Gasteiger partial charge in [-0.3, -0.25) is 0 Å². The van der Waals surface area contributed by atoms with Gasteiger partial charge in [-0.15, -0.1) is 0 Å². The largest absolute Gasteiger partial charge is 0.457 e. The van der Waals surface area contributed by atoms with E-state index in [1.807, 2.05) is 0 Å². The molecule has 0 aliphatic heterocycles. The van der Waals surface area contributed by atoms with Gasteiger partial charge in [0.15, 0.2) is 0 Å². The van der Waals surface area contributed by atoms with E-state index in [1.54, 1.807) is 0 Å². The normalized spacial score (nSPS) is 12.4. The molecule has 0 fully saturated rings. The zero-order chi connectivity index (χ0) is 11.4. The maximum absolute atomic E-state index is 10.8. The fourth-order valence-electron chi connectivity index (χ4n) is 0.769. The highest BCUT2D eigenvalue weighted by Gasteiger charge is 2.31. The molecule has 0 rings (SSSR count). The monoisotopic (exact) mass is 200 g/mol. The maximum Gasteiger partial charge on any atom is 0.330 e. The molecule has 0 N–H and O–H groups in total. The number of esters is 1. The first-order chi connectivity index (χ1) is 6.20. The third kappa shape index (κ3) is 3.92. The minimum Gasteiger partial charge on any atom is -0.457 e. The lowest BCUT2D eigenvalue weighted by atomic mass is 10.0. The predicted molar refractivity (Wildman–Crippen MR) is 57.9 cm³/mol. The molecule has 0 aliphatic carbocycles. The average molecular weight is 200 g/mol. The summed E-state index contributed by atoms with van der Waals surface area (Å²) in [6.45, 7) is 11.1. The van der Waals surface area contributed by atoms with E-state index in [0.29, 0.717) is 6.61 Å². The second-order valence-corrected chi connectivity index (χ2v) is 4.95. The Morgan fingerprint density at radius 1 is 1.43 bits per heavy atom. The van der Waals surface area contributed by atoms with Crippen molar-refractivity contribution in [2.75, 3.05) is 27.2 Å². The van der Waals surface area contributed by atoms with Crippen LogP contribution in [0.2, 0.25) is 0 Å². The molecule has 3 nitrogen and oxygen atoms in total. The summed E-state index contributed by atoms with van der Waals surface area (Å²) in [4.78, 5) is 10.8. The van der Waals surface area contributed by atoms with Crippen molar-refractivity contribution in [3.8, 4) is 0 Å². The van der Waals surface area contributed by atoms with Gasteiger partial charge in [-0.2, -0.15) is 0 Å². The molecule has 0 heterocycles. The van der Waals surface area contributed by atoms with Crippen molar-refractivity contribution in [2.45, 2.75) is 26.3 Å². The van der Waals surface area contributed by atoms with Crippen LogP contribution in [0.3, 0.4) is 0 Å². The summed E-state index contributed by atoms with van der Waals surface area (Å²) in [5, 5.41) is 0. The van der Waals surface area contributed by atoms with Crippen LogP contribution in [0.4, 0.5) is 0 Å². The molecule has 0 aromatic carbocycles. The lowest BCUT2D eigenvalue weighted by Crippen LogP contribution is -2.55. The van der Waals surface area contributed by atoms with Gasteiger partial charge in [0.1, 0.15) is 13.2 Å². The topological polar surface area (TPSA) is 26.3 Å². The number of ether oxygens (including phenoxy) is 1. The Labute approximate surface area is 86.9 Å². The highest BCUT2D eigenvalue weighted by Crippen LogP contribution is 2.18. The summed E-state index contributed by atoms with van der Waals surface area (Å²) >= 11 is 0. The Morgan fingerprint density at radius 2 is 1.93 bits per heavy atom. The van der Waals surface area contributed by atoms with Crippen molar-refractivity contribution < 1.29 is 14.0 Å². The molecule has 0 spiro atoms. The van der Waals surface area contributed by atoms with E-state index in [-0.39, 0.29) is 11.5 Å². The van der Waals surface area contributed by atoms with Crippen LogP contribution in [0, 0.1) is 0 Å². The van der Waals surface area contributed by atoms with Gasteiger partial charge >= 0.3 is 5.97 Å². The Hall–Kier alpha value is -0.830. The number of quaternary nitrogens is 1. The second kappa shape index (κ2) is 4.60. The standard InChI is InChI=1S/C11H22NO2/c1-7-10(13)14-9-8-12(5,6)11(2,3)4/h7H,1,8-9H2,2-6H3/q+1. The Kier molecular flexibility index (Phi) is 4.33. The van der Waals surface area contributed by atoms with E-state index >= 15 is 0 Å². The van der Waals surface area contributed by atoms with E-state index in [0.717, 1.165) is 11.0 Å². The third-order valence-electron chi connectivity index (χ3n) is 2.88. The highest BCUT2D eigenvalue weighted by atomic mass is 16.5. The summed E-state index contributed by atoms with van der Waals surface area (Å²) in [6, 6.07) is 0. The van der Waals surface area contributed by atoms with Crippen molar-refractivity contribution in [1.29, 1.82) is 0 Å². The first kappa shape index (κ1) is 13.2. The molecule has 0 aromatic rings. The van der Waals surface area contributed by atoms with Gasteiger partial charge in [0, 0.05) is 6.08 Å². The number of carbonyl (C=O) groups is 1. The van der Waals surface area contributed by atoms with Gasteiger partial charge in [0.05, 0.1) is 19.6 Å².